The van der Waals surface area contributed by atoms with E-state index in [1.165, 1.54) is 12.1 Å². The SMILES string of the molecule is NCC(Nc1ccc(Cl)cc1)c1cc(F)ccc1Br. The van der Waals surface area contributed by atoms with Crippen molar-refractivity contribution in [3.05, 3.63) is 63.3 Å². The second-order valence-corrected chi connectivity index (χ2v) is 5.40. The van der Waals surface area contributed by atoms with E-state index >= 15 is 0 Å². The Morgan fingerprint density at radius 1 is 1.21 bits per heavy atom. The maximum atomic E-state index is 13.3. The van der Waals surface area contributed by atoms with Gasteiger partial charge >= 0.3 is 0 Å². The van der Waals surface area contributed by atoms with E-state index < -0.39 is 0 Å². The van der Waals surface area contributed by atoms with Gasteiger partial charge in [-0.25, -0.2) is 4.39 Å². The molecule has 0 fully saturated rings. The average molecular weight is 344 g/mol. The molecular formula is C14H13BrClFN2. The molecule has 0 aliphatic heterocycles. The van der Waals surface area contributed by atoms with Crippen LogP contribution in [0.25, 0.3) is 0 Å². The molecule has 0 spiro atoms. The Hall–Kier alpha value is -1.10. The van der Waals surface area contributed by atoms with Crippen molar-refractivity contribution in [1.82, 2.24) is 0 Å². The number of anilines is 1. The minimum absolute atomic E-state index is 0.175. The van der Waals surface area contributed by atoms with E-state index in [2.05, 4.69) is 21.2 Å². The second-order valence-electron chi connectivity index (χ2n) is 4.11. The molecule has 0 aliphatic rings. The molecule has 0 saturated carbocycles. The lowest BCUT2D eigenvalue weighted by atomic mass is 10.1. The van der Waals surface area contributed by atoms with E-state index in [0.717, 1.165) is 15.7 Å². The Labute approximate surface area is 124 Å². The summed E-state index contributed by atoms with van der Waals surface area (Å²) in [6, 6.07) is 11.7. The van der Waals surface area contributed by atoms with Crippen molar-refractivity contribution in [2.24, 2.45) is 5.73 Å². The molecule has 2 aromatic rings. The molecule has 1 unspecified atom stereocenters. The van der Waals surface area contributed by atoms with Crippen LogP contribution in [-0.2, 0) is 0 Å². The van der Waals surface area contributed by atoms with Gasteiger partial charge in [-0.2, -0.15) is 0 Å². The molecule has 0 bridgehead atoms. The van der Waals surface area contributed by atoms with E-state index in [4.69, 9.17) is 17.3 Å². The van der Waals surface area contributed by atoms with Crippen LogP contribution < -0.4 is 11.1 Å². The van der Waals surface area contributed by atoms with E-state index in [1.54, 1.807) is 18.2 Å². The molecule has 1 atom stereocenters. The van der Waals surface area contributed by atoms with Crippen LogP contribution >= 0.6 is 27.5 Å². The normalized spacial score (nSPS) is 12.2. The van der Waals surface area contributed by atoms with Crippen LogP contribution in [0.3, 0.4) is 0 Å². The Kier molecular flexibility index (Phi) is 4.80. The van der Waals surface area contributed by atoms with Gasteiger partial charge in [-0.15, -0.1) is 0 Å². The van der Waals surface area contributed by atoms with Crippen molar-refractivity contribution in [3.8, 4) is 0 Å². The van der Waals surface area contributed by atoms with Crippen molar-refractivity contribution >= 4 is 33.2 Å². The van der Waals surface area contributed by atoms with Gasteiger partial charge in [0.15, 0.2) is 0 Å². The van der Waals surface area contributed by atoms with Crippen molar-refractivity contribution in [2.75, 3.05) is 11.9 Å². The topological polar surface area (TPSA) is 38.0 Å². The van der Waals surface area contributed by atoms with Gasteiger partial charge in [0.1, 0.15) is 5.82 Å². The summed E-state index contributed by atoms with van der Waals surface area (Å²) in [5.41, 5.74) is 7.44. The van der Waals surface area contributed by atoms with Crippen LogP contribution in [0.1, 0.15) is 11.6 Å². The van der Waals surface area contributed by atoms with Gasteiger partial charge in [-0.3, -0.25) is 0 Å². The van der Waals surface area contributed by atoms with Crippen LogP contribution in [-0.4, -0.2) is 6.54 Å². The van der Waals surface area contributed by atoms with E-state index in [-0.39, 0.29) is 11.9 Å². The predicted molar refractivity (Wildman–Crippen MR) is 81.0 cm³/mol. The van der Waals surface area contributed by atoms with Gasteiger partial charge in [0.25, 0.3) is 0 Å². The number of nitrogens with one attached hydrogen (secondary N) is 1. The van der Waals surface area contributed by atoms with Crippen molar-refractivity contribution in [1.29, 1.82) is 0 Å². The standard InChI is InChI=1S/C14H13BrClFN2/c15-13-6-3-10(17)7-12(13)14(8-18)19-11-4-1-9(16)2-5-11/h1-7,14,19H,8,18H2. The molecule has 2 nitrogen and oxygen atoms in total. The van der Waals surface area contributed by atoms with Crippen molar-refractivity contribution < 1.29 is 4.39 Å². The molecule has 2 rings (SSSR count). The molecule has 0 saturated heterocycles. The average Bonchev–Trinajstić information content (AvgIpc) is 2.41. The lowest BCUT2D eigenvalue weighted by molar-refractivity contribution is 0.621. The third-order valence-corrected chi connectivity index (χ3v) is 3.73. The predicted octanol–water partition coefficient (Wildman–Crippen LogP) is 4.35. The summed E-state index contributed by atoms with van der Waals surface area (Å²) in [5.74, 6) is -0.283. The highest BCUT2D eigenvalue weighted by molar-refractivity contribution is 9.10. The Morgan fingerprint density at radius 2 is 1.89 bits per heavy atom. The van der Waals surface area contributed by atoms with Crippen molar-refractivity contribution in [2.45, 2.75) is 6.04 Å². The summed E-state index contributed by atoms with van der Waals surface area (Å²) in [7, 11) is 0. The summed E-state index contributed by atoms with van der Waals surface area (Å²) in [6.07, 6.45) is 0. The largest absolute Gasteiger partial charge is 0.377 e. The van der Waals surface area contributed by atoms with Crippen LogP contribution in [0.5, 0.6) is 0 Å². The smallest absolute Gasteiger partial charge is 0.123 e. The quantitative estimate of drug-likeness (QED) is 0.866. The number of nitrogens with two attached hydrogens (primary N) is 1. The lowest BCUT2D eigenvalue weighted by Crippen LogP contribution is -2.21. The van der Waals surface area contributed by atoms with Gasteiger partial charge in [0.05, 0.1) is 6.04 Å². The Morgan fingerprint density at radius 3 is 2.53 bits per heavy atom. The van der Waals surface area contributed by atoms with E-state index in [9.17, 15) is 4.39 Å². The van der Waals surface area contributed by atoms with E-state index in [0.29, 0.717) is 11.6 Å². The second kappa shape index (κ2) is 6.37. The first kappa shape index (κ1) is 14.3. The molecule has 2 aromatic carbocycles. The fraction of sp³-hybridized carbons (Fsp3) is 0.143. The highest BCUT2D eigenvalue weighted by Crippen LogP contribution is 2.27. The number of halogens is 3. The Balaban J connectivity index is 2.24. The van der Waals surface area contributed by atoms with Gasteiger partial charge in [-0.05, 0) is 48.0 Å². The van der Waals surface area contributed by atoms with Gasteiger partial charge in [0.2, 0.25) is 0 Å². The highest BCUT2D eigenvalue weighted by atomic mass is 79.9. The van der Waals surface area contributed by atoms with Crippen LogP contribution in [0.4, 0.5) is 10.1 Å². The molecule has 3 N–H and O–H groups in total. The number of hydrogen-bond donors (Lipinski definition) is 2. The summed E-state index contributed by atoms with van der Waals surface area (Å²) >= 11 is 9.25. The molecule has 5 heteroatoms. The lowest BCUT2D eigenvalue weighted by Gasteiger charge is -2.20. The maximum Gasteiger partial charge on any atom is 0.123 e. The maximum absolute atomic E-state index is 13.3. The molecule has 0 aromatic heterocycles. The number of hydrogen-bond acceptors (Lipinski definition) is 2. The third-order valence-electron chi connectivity index (χ3n) is 2.75. The summed E-state index contributed by atoms with van der Waals surface area (Å²) in [6.45, 7) is 0.352. The number of benzene rings is 2. The molecule has 0 radical (unpaired) electrons. The molecule has 19 heavy (non-hydrogen) atoms. The van der Waals surface area contributed by atoms with E-state index in [1.807, 2.05) is 12.1 Å². The minimum Gasteiger partial charge on any atom is -0.377 e. The third kappa shape index (κ3) is 3.69. The summed E-state index contributed by atoms with van der Waals surface area (Å²) < 4.78 is 14.2. The molecule has 0 aliphatic carbocycles. The minimum atomic E-state index is -0.283. The first-order valence-electron chi connectivity index (χ1n) is 5.77. The van der Waals surface area contributed by atoms with Crippen LogP contribution in [0.15, 0.2) is 46.9 Å². The van der Waals surface area contributed by atoms with Gasteiger partial charge < -0.3 is 11.1 Å². The first-order valence-corrected chi connectivity index (χ1v) is 6.94. The fourth-order valence-electron chi connectivity index (χ4n) is 1.79. The molecule has 0 heterocycles. The zero-order valence-corrected chi connectivity index (χ0v) is 12.4. The van der Waals surface area contributed by atoms with Crippen LogP contribution in [0, 0.1) is 5.82 Å². The highest BCUT2D eigenvalue weighted by Gasteiger charge is 2.13. The zero-order valence-electron chi connectivity index (χ0n) is 10.0. The monoisotopic (exact) mass is 342 g/mol. The fourth-order valence-corrected chi connectivity index (χ4v) is 2.44. The van der Waals surface area contributed by atoms with Crippen molar-refractivity contribution in [3.63, 3.8) is 0 Å². The van der Waals surface area contributed by atoms with Gasteiger partial charge in [-0.1, -0.05) is 27.5 Å². The first-order chi connectivity index (χ1) is 9.10. The molecule has 100 valence electrons. The molecule has 0 amide bonds. The summed E-state index contributed by atoms with van der Waals surface area (Å²) in [4.78, 5) is 0. The Bertz CT molecular complexity index is 560. The number of rotatable bonds is 4. The summed E-state index contributed by atoms with van der Waals surface area (Å²) in [5, 5.41) is 3.93. The molecular weight excluding hydrogens is 331 g/mol. The zero-order chi connectivity index (χ0) is 13.8. The van der Waals surface area contributed by atoms with Crippen LogP contribution in [0.2, 0.25) is 5.02 Å². The van der Waals surface area contributed by atoms with Gasteiger partial charge in [0, 0.05) is 21.7 Å².